The molecular formula is C8H10N2O5S. The molecule has 1 amide bonds. The Labute approximate surface area is 94.1 Å². The molecule has 7 nitrogen and oxygen atoms in total. The van der Waals surface area contributed by atoms with Gasteiger partial charge in [-0.1, -0.05) is 0 Å². The normalized spacial score (nSPS) is 14.2. The third-order valence-electron chi connectivity index (χ3n) is 1.83. The molecule has 0 saturated heterocycles. The van der Waals surface area contributed by atoms with Crippen LogP contribution in [0.2, 0.25) is 0 Å². The fourth-order valence-electron chi connectivity index (χ4n) is 0.996. The van der Waals surface area contributed by atoms with Crippen LogP contribution in [0.5, 0.6) is 0 Å². The van der Waals surface area contributed by atoms with Crippen molar-refractivity contribution in [2.24, 2.45) is 5.84 Å². The van der Waals surface area contributed by atoms with Gasteiger partial charge in [-0.3, -0.25) is 10.2 Å². The quantitative estimate of drug-likeness (QED) is 0.258. The predicted octanol–water partition coefficient (Wildman–Crippen LogP) is -1.17. The molecular weight excluding hydrogens is 236 g/mol. The molecule has 0 aromatic carbocycles. The van der Waals surface area contributed by atoms with Gasteiger partial charge in [-0.25, -0.2) is 10.6 Å². The molecule has 2 unspecified atom stereocenters. The fraction of sp³-hybridized carbons (Fsp3) is 0.250. The average molecular weight is 246 g/mol. The summed E-state index contributed by atoms with van der Waals surface area (Å²) < 4.78 is 0. The van der Waals surface area contributed by atoms with E-state index in [2.05, 4.69) is 0 Å². The molecule has 1 heterocycles. The van der Waals surface area contributed by atoms with E-state index in [1.807, 2.05) is 5.43 Å². The number of nitrogen functional groups attached to an aromatic ring is 1. The fourth-order valence-corrected chi connectivity index (χ4v) is 1.92. The lowest BCUT2D eigenvalue weighted by molar-refractivity contribution is -0.152. The molecule has 2 atom stereocenters. The minimum atomic E-state index is -1.92. The third-order valence-corrected chi connectivity index (χ3v) is 2.98. The Kier molecular flexibility index (Phi) is 3.96. The maximum atomic E-state index is 11.1. The number of carboxylic acid groups (broad SMARTS) is 1. The zero-order valence-corrected chi connectivity index (χ0v) is 8.77. The first-order chi connectivity index (χ1) is 7.47. The van der Waals surface area contributed by atoms with Crippen LogP contribution in [0, 0.1) is 0 Å². The van der Waals surface area contributed by atoms with Gasteiger partial charge < -0.3 is 15.3 Å². The van der Waals surface area contributed by atoms with Gasteiger partial charge in [-0.15, -0.1) is 11.3 Å². The Hall–Kier alpha value is -1.48. The number of nitrogens with one attached hydrogen (secondary N) is 1. The molecule has 1 aromatic rings. The van der Waals surface area contributed by atoms with Crippen LogP contribution in [0.25, 0.3) is 0 Å². The Bertz CT molecular complexity index is 405. The third kappa shape index (κ3) is 2.55. The summed E-state index contributed by atoms with van der Waals surface area (Å²) in [5.74, 6) is 2.81. The monoisotopic (exact) mass is 246 g/mol. The number of carboxylic acids is 1. The number of carbonyl (C=O) groups is 2. The summed E-state index contributed by atoms with van der Waals surface area (Å²) in [5.41, 5.74) is 1.90. The summed E-state index contributed by atoms with van der Waals surface area (Å²) in [6, 6.07) is 2.73. The van der Waals surface area contributed by atoms with Crippen molar-refractivity contribution < 1.29 is 24.9 Å². The molecule has 88 valence electrons. The highest BCUT2D eigenvalue weighted by molar-refractivity contribution is 7.14. The summed E-state index contributed by atoms with van der Waals surface area (Å²) in [7, 11) is 0. The van der Waals surface area contributed by atoms with Gasteiger partial charge in [0.15, 0.2) is 6.10 Å². The van der Waals surface area contributed by atoms with Crippen LogP contribution in [0.15, 0.2) is 12.1 Å². The van der Waals surface area contributed by atoms with Gasteiger partial charge in [0.1, 0.15) is 6.10 Å². The van der Waals surface area contributed by atoms with E-state index in [1.54, 1.807) is 0 Å². The molecule has 1 rings (SSSR count). The Morgan fingerprint density at radius 1 is 1.38 bits per heavy atom. The van der Waals surface area contributed by atoms with Crippen molar-refractivity contribution in [3.63, 3.8) is 0 Å². The maximum Gasteiger partial charge on any atom is 0.335 e. The number of hydrazine groups is 1. The van der Waals surface area contributed by atoms with Crippen LogP contribution < -0.4 is 11.3 Å². The zero-order chi connectivity index (χ0) is 12.3. The van der Waals surface area contributed by atoms with Crippen LogP contribution in [0.4, 0.5) is 0 Å². The second-order valence-corrected chi connectivity index (χ2v) is 4.02. The van der Waals surface area contributed by atoms with Crippen LogP contribution in [0.3, 0.4) is 0 Å². The van der Waals surface area contributed by atoms with Crippen LogP contribution in [0.1, 0.15) is 20.7 Å². The van der Waals surface area contributed by atoms with E-state index in [9.17, 15) is 14.7 Å². The standard InChI is InChI=1S/C8H10N2O5S/c9-10-7(13)4-2-1-3(16-4)5(11)6(12)8(14)15/h1-2,5-6,11-12H,9H2,(H,10,13)(H,14,15). The number of amides is 1. The lowest BCUT2D eigenvalue weighted by atomic mass is 10.2. The molecule has 0 saturated carbocycles. The number of nitrogens with two attached hydrogens (primary N) is 1. The van der Waals surface area contributed by atoms with Gasteiger partial charge in [-0.05, 0) is 12.1 Å². The number of rotatable bonds is 4. The van der Waals surface area contributed by atoms with E-state index < -0.39 is 24.1 Å². The summed E-state index contributed by atoms with van der Waals surface area (Å²) in [4.78, 5) is 21.9. The molecule has 0 bridgehead atoms. The van der Waals surface area contributed by atoms with Crippen molar-refractivity contribution >= 4 is 23.2 Å². The molecule has 0 spiro atoms. The van der Waals surface area contributed by atoms with E-state index in [0.29, 0.717) is 0 Å². The summed E-state index contributed by atoms with van der Waals surface area (Å²) in [6.07, 6.45) is -3.49. The van der Waals surface area contributed by atoms with Gasteiger partial charge in [-0.2, -0.15) is 0 Å². The van der Waals surface area contributed by atoms with Gasteiger partial charge in [0.05, 0.1) is 4.88 Å². The number of aliphatic carboxylic acids is 1. The minimum Gasteiger partial charge on any atom is -0.479 e. The van der Waals surface area contributed by atoms with Gasteiger partial charge in [0, 0.05) is 4.88 Å². The largest absolute Gasteiger partial charge is 0.479 e. The highest BCUT2D eigenvalue weighted by atomic mass is 32.1. The van der Waals surface area contributed by atoms with Crippen molar-refractivity contribution in [1.29, 1.82) is 0 Å². The van der Waals surface area contributed by atoms with Crippen LogP contribution in [-0.2, 0) is 4.79 Å². The smallest absolute Gasteiger partial charge is 0.335 e. The SMILES string of the molecule is NNC(=O)c1ccc(C(O)C(O)C(=O)O)s1. The first-order valence-electron chi connectivity index (χ1n) is 4.17. The van der Waals surface area contributed by atoms with Crippen LogP contribution in [-0.4, -0.2) is 33.3 Å². The lowest BCUT2D eigenvalue weighted by Gasteiger charge is -2.11. The first kappa shape index (κ1) is 12.6. The molecule has 0 aliphatic rings. The van der Waals surface area contributed by atoms with Gasteiger partial charge in [0.2, 0.25) is 0 Å². The molecule has 6 N–H and O–H groups in total. The van der Waals surface area contributed by atoms with E-state index in [1.165, 1.54) is 12.1 Å². The Balaban J connectivity index is 2.85. The molecule has 16 heavy (non-hydrogen) atoms. The molecule has 0 fully saturated rings. The summed E-state index contributed by atoms with van der Waals surface area (Å²) >= 11 is 0.854. The highest BCUT2D eigenvalue weighted by Crippen LogP contribution is 2.25. The van der Waals surface area contributed by atoms with Crippen molar-refractivity contribution in [3.8, 4) is 0 Å². The average Bonchev–Trinajstić information content (AvgIpc) is 2.75. The Morgan fingerprint density at radius 2 is 2.00 bits per heavy atom. The second-order valence-electron chi connectivity index (χ2n) is 2.90. The summed E-state index contributed by atoms with van der Waals surface area (Å²) in [5, 5.41) is 27.0. The van der Waals surface area contributed by atoms with Crippen molar-refractivity contribution in [1.82, 2.24) is 5.43 Å². The van der Waals surface area contributed by atoms with E-state index in [4.69, 9.17) is 16.1 Å². The zero-order valence-electron chi connectivity index (χ0n) is 7.95. The molecule has 8 heteroatoms. The van der Waals surface area contributed by atoms with E-state index in [-0.39, 0.29) is 9.75 Å². The second kappa shape index (κ2) is 5.03. The maximum absolute atomic E-state index is 11.1. The number of hydrogen-bond donors (Lipinski definition) is 5. The lowest BCUT2D eigenvalue weighted by Crippen LogP contribution is -2.29. The van der Waals surface area contributed by atoms with Gasteiger partial charge >= 0.3 is 5.97 Å². The molecule has 0 aliphatic heterocycles. The predicted molar refractivity (Wildman–Crippen MR) is 54.6 cm³/mol. The van der Waals surface area contributed by atoms with Crippen LogP contribution >= 0.6 is 11.3 Å². The highest BCUT2D eigenvalue weighted by Gasteiger charge is 2.26. The Morgan fingerprint density at radius 3 is 2.50 bits per heavy atom. The topological polar surface area (TPSA) is 133 Å². The number of aliphatic hydroxyl groups is 2. The van der Waals surface area contributed by atoms with Crippen molar-refractivity contribution in [3.05, 3.63) is 21.9 Å². The number of hydrogen-bond acceptors (Lipinski definition) is 6. The number of carbonyl (C=O) groups excluding carboxylic acids is 1. The van der Waals surface area contributed by atoms with E-state index in [0.717, 1.165) is 11.3 Å². The van der Waals surface area contributed by atoms with Gasteiger partial charge in [0.25, 0.3) is 5.91 Å². The van der Waals surface area contributed by atoms with Crippen molar-refractivity contribution in [2.75, 3.05) is 0 Å². The summed E-state index contributed by atoms with van der Waals surface area (Å²) in [6.45, 7) is 0. The minimum absolute atomic E-state index is 0.175. The first-order valence-corrected chi connectivity index (χ1v) is 4.98. The van der Waals surface area contributed by atoms with Crippen molar-refractivity contribution in [2.45, 2.75) is 12.2 Å². The number of aliphatic hydroxyl groups excluding tert-OH is 2. The number of thiophene rings is 1. The molecule has 1 aromatic heterocycles. The molecule has 0 aliphatic carbocycles. The van der Waals surface area contributed by atoms with E-state index >= 15 is 0 Å². The molecule has 0 radical (unpaired) electrons.